The zero-order chi connectivity index (χ0) is 15.7. The van der Waals surface area contributed by atoms with Crippen LogP contribution in [0.1, 0.15) is 24.3 Å². The van der Waals surface area contributed by atoms with Gasteiger partial charge in [0.25, 0.3) is 0 Å². The van der Waals surface area contributed by atoms with Gasteiger partial charge < -0.3 is 10.6 Å². The van der Waals surface area contributed by atoms with Crippen molar-refractivity contribution in [1.29, 1.82) is 0 Å². The number of rotatable bonds is 3. The number of guanidine groups is 1. The van der Waals surface area contributed by atoms with Crippen LogP contribution in [-0.4, -0.2) is 45.0 Å². The SMILES string of the molecule is CN=C(NC1CCS(=O)(=O)C1)NC1CC1c1ccccc1F. The molecule has 22 heavy (non-hydrogen) atoms. The van der Waals surface area contributed by atoms with Gasteiger partial charge >= 0.3 is 0 Å². The molecule has 3 atom stereocenters. The molecule has 7 heteroatoms. The first-order valence-electron chi connectivity index (χ1n) is 7.43. The lowest BCUT2D eigenvalue weighted by atomic mass is 10.1. The van der Waals surface area contributed by atoms with Crippen molar-refractivity contribution in [3.63, 3.8) is 0 Å². The largest absolute Gasteiger partial charge is 0.353 e. The Bertz CT molecular complexity index is 690. The minimum atomic E-state index is -2.92. The van der Waals surface area contributed by atoms with Crippen LogP contribution in [0, 0.1) is 5.82 Å². The molecule has 2 aliphatic rings. The highest BCUT2D eigenvalue weighted by molar-refractivity contribution is 7.91. The molecule has 0 radical (unpaired) electrons. The molecule has 0 bridgehead atoms. The van der Waals surface area contributed by atoms with Crippen LogP contribution < -0.4 is 10.6 Å². The predicted molar refractivity (Wildman–Crippen MR) is 84.2 cm³/mol. The topological polar surface area (TPSA) is 70.6 Å². The van der Waals surface area contributed by atoms with E-state index in [2.05, 4.69) is 15.6 Å². The smallest absolute Gasteiger partial charge is 0.191 e. The monoisotopic (exact) mass is 325 g/mol. The fourth-order valence-corrected chi connectivity index (χ4v) is 4.60. The second kappa shape index (κ2) is 5.87. The Morgan fingerprint density at radius 1 is 1.32 bits per heavy atom. The standard InChI is InChI=1S/C15H20FN3O2S/c1-17-15(18-10-6-7-22(20,21)9-10)19-14-8-12(14)11-4-2-3-5-13(11)16/h2-5,10,12,14H,6-9H2,1H3,(H2,17,18,19). The van der Waals surface area contributed by atoms with Crippen molar-refractivity contribution in [1.82, 2.24) is 10.6 Å². The van der Waals surface area contributed by atoms with Crippen LogP contribution >= 0.6 is 0 Å². The summed E-state index contributed by atoms with van der Waals surface area (Å²) in [7, 11) is -1.26. The molecular formula is C15H20FN3O2S. The van der Waals surface area contributed by atoms with Crippen molar-refractivity contribution in [2.24, 2.45) is 4.99 Å². The Kier molecular flexibility index (Phi) is 4.08. The maximum absolute atomic E-state index is 13.7. The summed E-state index contributed by atoms with van der Waals surface area (Å²) in [6, 6.07) is 6.85. The van der Waals surface area contributed by atoms with Gasteiger partial charge in [-0.25, -0.2) is 12.8 Å². The quantitative estimate of drug-likeness (QED) is 0.643. The van der Waals surface area contributed by atoms with E-state index in [1.54, 1.807) is 19.2 Å². The third-order valence-corrected chi connectivity index (χ3v) is 5.98. The van der Waals surface area contributed by atoms with E-state index in [1.807, 2.05) is 6.07 Å². The van der Waals surface area contributed by atoms with Gasteiger partial charge in [-0.2, -0.15) is 0 Å². The average molecular weight is 325 g/mol. The van der Waals surface area contributed by atoms with Gasteiger partial charge in [-0.3, -0.25) is 4.99 Å². The second-order valence-corrected chi connectivity index (χ2v) is 8.16. The molecule has 1 aliphatic heterocycles. The normalized spacial score (nSPS) is 30.1. The molecule has 0 amide bonds. The number of halogens is 1. The molecule has 3 unspecified atom stereocenters. The number of nitrogens with zero attached hydrogens (tertiary/aromatic N) is 1. The van der Waals surface area contributed by atoms with E-state index in [0.29, 0.717) is 12.4 Å². The number of benzene rings is 1. The number of nitrogens with one attached hydrogen (secondary N) is 2. The maximum Gasteiger partial charge on any atom is 0.191 e. The van der Waals surface area contributed by atoms with Crippen molar-refractivity contribution in [3.8, 4) is 0 Å². The number of aliphatic imine (C=N–C) groups is 1. The summed E-state index contributed by atoms with van der Waals surface area (Å²) >= 11 is 0. The van der Waals surface area contributed by atoms with Crippen LogP contribution in [0.2, 0.25) is 0 Å². The van der Waals surface area contributed by atoms with E-state index >= 15 is 0 Å². The highest BCUT2D eigenvalue weighted by Gasteiger charge is 2.41. The zero-order valence-corrected chi connectivity index (χ0v) is 13.2. The maximum atomic E-state index is 13.7. The third-order valence-electron chi connectivity index (χ3n) is 4.21. The van der Waals surface area contributed by atoms with Crippen LogP contribution in [0.4, 0.5) is 4.39 Å². The first kappa shape index (κ1) is 15.3. The van der Waals surface area contributed by atoms with Crippen LogP contribution in [0.5, 0.6) is 0 Å². The fraction of sp³-hybridized carbons (Fsp3) is 0.533. The van der Waals surface area contributed by atoms with Crippen molar-refractivity contribution in [3.05, 3.63) is 35.6 Å². The number of sulfone groups is 1. The van der Waals surface area contributed by atoms with Gasteiger partial charge in [0.2, 0.25) is 0 Å². The van der Waals surface area contributed by atoms with Crippen molar-refractivity contribution in [2.75, 3.05) is 18.6 Å². The molecule has 3 rings (SSSR count). The average Bonchev–Trinajstić information content (AvgIpc) is 3.14. The molecule has 0 aromatic heterocycles. The lowest BCUT2D eigenvalue weighted by molar-refractivity contribution is 0.598. The van der Waals surface area contributed by atoms with Gasteiger partial charge in [0.05, 0.1) is 11.5 Å². The van der Waals surface area contributed by atoms with E-state index in [4.69, 9.17) is 0 Å². The highest BCUT2D eigenvalue weighted by Crippen LogP contribution is 2.41. The molecule has 120 valence electrons. The Morgan fingerprint density at radius 3 is 2.73 bits per heavy atom. The van der Waals surface area contributed by atoms with Crippen LogP contribution in [0.25, 0.3) is 0 Å². The molecule has 1 aromatic rings. The summed E-state index contributed by atoms with van der Waals surface area (Å²) in [5, 5.41) is 6.39. The van der Waals surface area contributed by atoms with Gasteiger partial charge in [-0.1, -0.05) is 18.2 Å². The van der Waals surface area contributed by atoms with Crippen LogP contribution in [0.3, 0.4) is 0 Å². The molecule has 5 nitrogen and oxygen atoms in total. The first-order chi connectivity index (χ1) is 10.5. The molecule has 1 heterocycles. The Balaban J connectivity index is 1.56. The van der Waals surface area contributed by atoms with Gasteiger partial charge in [-0.15, -0.1) is 0 Å². The van der Waals surface area contributed by atoms with Crippen molar-refractivity contribution < 1.29 is 12.8 Å². The van der Waals surface area contributed by atoms with E-state index in [-0.39, 0.29) is 35.3 Å². The van der Waals surface area contributed by atoms with E-state index in [9.17, 15) is 12.8 Å². The van der Waals surface area contributed by atoms with E-state index in [0.717, 1.165) is 12.0 Å². The predicted octanol–water partition coefficient (Wildman–Crippen LogP) is 1.03. The minimum Gasteiger partial charge on any atom is -0.353 e. The van der Waals surface area contributed by atoms with Crippen molar-refractivity contribution >= 4 is 15.8 Å². The minimum absolute atomic E-state index is 0.0955. The van der Waals surface area contributed by atoms with Crippen LogP contribution in [-0.2, 0) is 9.84 Å². The van der Waals surface area contributed by atoms with Crippen molar-refractivity contribution in [2.45, 2.75) is 30.8 Å². The lowest BCUT2D eigenvalue weighted by Crippen LogP contribution is -2.45. The Hall–Kier alpha value is -1.63. The van der Waals surface area contributed by atoms with E-state index < -0.39 is 9.84 Å². The zero-order valence-electron chi connectivity index (χ0n) is 12.4. The number of hydrogen-bond acceptors (Lipinski definition) is 3. The van der Waals surface area contributed by atoms with Crippen LogP contribution in [0.15, 0.2) is 29.3 Å². The molecule has 1 aromatic carbocycles. The highest BCUT2D eigenvalue weighted by atomic mass is 32.2. The molecule has 1 saturated heterocycles. The van der Waals surface area contributed by atoms with Gasteiger partial charge in [0.1, 0.15) is 5.82 Å². The summed E-state index contributed by atoms with van der Waals surface area (Å²) in [5.41, 5.74) is 0.721. The molecule has 2 N–H and O–H groups in total. The lowest BCUT2D eigenvalue weighted by Gasteiger charge is -2.16. The Morgan fingerprint density at radius 2 is 2.09 bits per heavy atom. The summed E-state index contributed by atoms with van der Waals surface area (Å²) in [5.74, 6) is 0.928. The fourth-order valence-electron chi connectivity index (χ4n) is 2.92. The molecular weight excluding hydrogens is 305 g/mol. The van der Waals surface area contributed by atoms with Gasteiger partial charge in [0, 0.05) is 25.0 Å². The molecule has 0 spiro atoms. The summed E-state index contributed by atoms with van der Waals surface area (Å²) in [4.78, 5) is 4.14. The summed E-state index contributed by atoms with van der Waals surface area (Å²) in [6.07, 6.45) is 1.45. The number of hydrogen-bond donors (Lipinski definition) is 2. The molecule has 1 saturated carbocycles. The summed E-state index contributed by atoms with van der Waals surface area (Å²) in [6.45, 7) is 0. The Labute approximate surface area is 129 Å². The van der Waals surface area contributed by atoms with Gasteiger partial charge in [0.15, 0.2) is 15.8 Å². The summed E-state index contributed by atoms with van der Waals surface area (Å²) < 4.78 is 36.7. The molecule has 1 aliphatic carbocycles. The first-order valence-corrected chi connectivity index (χ1v) is 9.25. The second-order valence-electron chi connectivity index (χ2n) is 5.93. The third kappa shape index (κ3) is 3.40. The molecule has 2 fully saturated rings. The van der Waals surface area contributed by atoms with Gasteiger partial charge in [-0.05, 0) is 24.5 Å². The van der Waals surface area contributed by atoms with E-state index in [1.165, 1.54) is 6.07 Å².